The molecule has 0 spiro atoms. The molecule has 1 aliphatic heterocycles. The second kappa shape index (κ2) is 18.7. The van der Waals surface area contributed by atoms with Crippen LogP contribution in [-0.2, 0) is 0 Å². The minimum Gasteiger partial charge on any atom is -0.452 e. The van der Waals surface area contributed by atoms with E-state index in [9.17, 15) is 0 Å². The Balaban J connectivity index is 1.12. The predicted molar refractivity (Wildman–Crippen MR) is 179 cm³/mol. The van der Waals surface area contributed by atoms with Gasteiger partial charge in [-0.1, -0.05) is 128 Å². The second-order valence-corrected chi connectivity index (χ2v) is 12.2. The van der Waals surface area contributed by atoms with Crippen molar-refractivity contribution in [3.63, 3.8) is 0 Å². The molecule has 0 radical (unpaired) electrons. The molecule has 0 saturated carbocycles. The molecule has 4 nitrogen and oxygen atoms in total. The van der Waals surface area contributed by atoms with Crippen LogP contribution in [0.5, 0.6) is 0 Å². The van der Waals surface area contributed by atoms with Crippen LogP contribution in [0, 0.1) is 0 Å². The molecule has 0 saturated heterocycles. The summed E-state index contributed by atoms with van der Waals surface area (Å²) in [5, 5.41) is 5.76. The third-order valence-corrected chi connectivity index (χ3v) is 8.67. The number of nitrogens with two attached hydrogens (primary N) is 1. The standard InChI is InChI=1S/C38H55N3O/c1-3-5-6-7-8-9-10-11-12-13-14-15-16-17-18-19-20-23-28-40-35-30-37-38(33-25-22-21-24-32(33)35)41-34-27-26-31(39-4-2)29-36(34)42-37/h21-22,24-27,29-30,40H,3-20,23,28H2,1-2H3/p+1. The molecule has 2 aromatic carbocycles. The number of nitrogens with zero attached hydrogens (tertiary/aromatic N) is 2. The fraction of sp³-hybridized carbons (Fsp3) is 0.579. The van der Waals surface area contributed by atoms with Crippen molar-refractivity contribution in [2.75, 3.05) is 13.1 Å². The van der Waals surface area contributed by atoms with Gasteiger partial charge >= 0.3 is 0 Å². The lowest BCUT2D eigenvalue weighted by atomic mass is 10.0. The number of quaternary nitrogens is 1. The molecule has 228 valence electrons. The van der Waals surface area contributed by atoms with E-state index in [1.807, 2.05) is 18.2 Å². The van der Waals surface area contributed by atoms with Gasteiger partial charge in [0.05, 0.1) is 11.9 Å². The van der Waals surface area contributed by atoms with Crippen molar-refractivity contribution in [1.29, 1.82) is 0 Å². The van der Waals surface area contributed by atoms with Gasteiger partial charge in [0.25, 0.3) is 0 Å². The second-order valence-electron chi connectivity index (χ2n) is 12.2. The van der Waals surface area contributed by atoms with Crippen molar-refractivity contribution >= 4 is 27.6 Å². The Morgan fingerprint density at radius 2 is 1.21 bits per heavy atom. The largest absolute Gasteiger partial charge is 0.452 e. The van der Waals surface area contributed by atoms with Crippen LogP contribution in [0.3, 0.4) is 0 Å². The summed E-state index contributed by atoms with van der Waals surface area (Å²) in [6, 6.07) is 16.8. The highest BCUT2D eigenvalue weighted by molar-refractivity contribution is 6.08. The topological polar surface area (TPSA) is 55.0 Å². The monoisotopic (exact) mass is 570 g/mol. The lowest BCUT2D eigenvalue weighted by Crippen LogP contribution is -2.78. The van der Waals surface area contributed by atoms with Crippen LogP contribution in [0.2, 0.25) is 0 Å². The fourth-order valence-corrected chi connectivity index (χ4v) is 6.22. The zero-order valence-electron chi connectivity index (χ0n) is 26.6. The molecule has 4 heteroatoms. The van der Waals surface area contributed by atoms with Crippen molar-refractivity contribution in [2.24, 2.45) is 4.99 Å². The van der Waals surface area contributed by atoms with Crippen LogP contribution in [0.1, 0.15) is 129 Å². The SMILES string of the molecule is CCCCCCCCCCCCCCCCCCCC[NH2+]c1cc2oc3cc(=NCC)ccc-3nc2c2ccccc12. The van der Waals surface area contributed by atoms with Crippen LogP contribution in [-0.4, -0.2) is 18.1 Å². The van der Waals surface area contributed by atoms with Crippen LogP contribution in [0.25, 0.3) is 33.3 Å². The number of aromatic nitrogens is 1. The molecule has 2 aromatic rings. The minimum absolute atomic E-state index is 0.760. The molecular weight excluding hydrogens is 514 g/mol. The third-order valence-electron chi connectivity index (χ3n) is 8.67. The molecule has 2 aliphatic rings. The highest BCUT2D eigenvalue weighted by Gasteiger charge is 2.15. The van der Waals surface area contributed by atoms with Gasteiger partial charge in [-0.05, 0) is 38.0 Å². The number of fused-ring (bicyclic) bond motifs is 4. The molecule has 0 amide bonds. The third kappa shape index (κ3) is 10.2. The van der Waals surface area contributed by atoms with Crippen LogP contribution < -0.4 is 10.7 Å². The summed E-state index contributed by atoms with van der Waals surface area (Å²) in [4.78, 5) is 9.51. The van der Waals surface area contributed by atoms with E-state index in [2.05, 4.69) is 54.5 Å². The summed E-state index contributed by atoms with van der Waals surface area (Å²) in [6.07, 6.45) is 25.5. The predicted octanol–water partition coefficient (Wildman–Crippen LogP) is 10.2. The van der Waals surface area contributed by atoms with Crippen molar-refractivity contribution in [3.05, 3.63) is 53.9 Å². The average molecular weight is 571 g/mol. The summed E-state index contributed by atoms with van der Waals surface area (Å²) in [5.74, 6) is 0.793. The maximum atomic E-state index is 6.38. The van der Waals surface area contributed by atoms with Crippen LogP contribution >= 0.6 is 0 Å². The Morgan fingerprint density at radius 3 is 1.81 bits per heavy atom. The van der Waals surface area contributed by atoms with E-state index in [0.29, 0.717) is 0 Å². The molecule has 0 aromatic heterocycles. The first-order valence-corrected chi connectivity index (χ1v) is 17.4. The zero-order chi connectivity index (χ0) is 29.2. The summed E-state index contributed by atoms with van der Waals surface area (Å²) >= 11 is 0. The highest BCUT2D eigenvalue weighted by atomic mass is 16.3. The molecule has 1 heterocycles. The van der Waals surface area contributed by atoms with Gasteiger partial charge in [0.1, 0.15) is 16.9 Å². The van der Waals surface area contributed by atoms with Crippen LogP contribution in [0.15, 0.2) is 57.9 Å². The van der Waals surface area contributed by atoms with E-state index < -0.39 is 0 Å². The fourth-order valence-electron chi connectivity index (χ4n) is 6.22. The van der Waals surface area contributed by atoms with Crippen LogP contribution in [0.4, 0.5) is 5.69 Å². The number of unbranched alkanes of at least 4 members (excludes halogenated alkanes) is 17. The molecule has 2 N–H and O–H groups in total. The van der Waals surface area contributed by atoms with Gasteiger partial charge in [0.2, 0.25) is 0 Å². The lowest BCUT2D eigenvalue weighted by molar-refractivity contribution is -0.570. The summed E-state index contributed by atoms with van der Waals surface area (Å²) in [6.45, 7) is 6.21. The van der Waals surface area contributed by atoms with E-state index in [0.717, 1.165) is 46.4 Å². The van der Waals surface area contributed by atoms with Gasteiger partial charge in [-0.2, -0.15) is 0 Å². The van der Waals surface area contributed by atoms with E-state index in [1.165, 1.54) is 127 Å². The Kier molecular flexibility index (Phi) is 14.4. The minimum atomic E-state index is 0.760. The molecule has 0 fully saturated rings. The van der Waals surface area contributed by atoms with Gasteiger partial charge in [-0.25, -0.2) is 4.98 Å². The number of hydrogen-bond donors (Lipinski definition) is 1. The van der Waals surface area contributed by atoms with Gasteiger partial charge in [0, 0.05) is 29.4 Å². The Bertz CT molecular complexity index is 1360. The van der Waals surface area contributed by atoms with Crippen molar-refractivity contribution in [3.8, 4) is 11.5 Å². The van der Waals surface area contributed by atoms with E-state index >= 15 is 0 Å². The number of benzene rings is 3. The molecule has 4 rings (SSSR count). The van der Waals surface area contributed by atoms with Crippen molar-refractivity contribution < 1.29 is 9.73 Å². The maximum Gasteiger partial charge on any atom is 0.159 e. The number of hydrogen-bond acceptors (Lipinski definition) is 3. The molecule has 0 atom stereocenters. The van der Waals surface area contributed by atoms with E-state index in [-0.39, 0.29) is 0 Å². The zero-order valence-corrected chi connectivity index (χ0v) is 26.6. The van der Waals surface area contributed by atoms with Gasteiger partial charge < -0.3 is 9.73 Å². The first-order valence-electron chi connectivity index (χ1n) is 17.4. The van der Waals surface area contributed by atoms with Crippen molar-refractivity contribution in [1.82, 2.24) is 4.98 Å². The summed E-state index contributed by atoms with van der Waals surface area (Å²) in [7, 11) is 0. The number of rotatable bonds is 21. The van der Waals surface area contributed by atoms with Gasteiger partial charge in [-0.3, -0.25) is 4.99 Å². The van der Waals surface area contributed by atoms with Gasteiger partial charge in [0.15, 0.2) is 11.3 Å². The average Bonchev–Trinajstić information content (AvgIpc) is 3.01. The lowest BCUT2D eigenvalue weighted by Gasteiger charge is -2.11. The van der Waals surface area contributed by atoms with E-state index in [1.54, 1.807) is 0 Å². The Morgan fingerprint density at radius 1 is 0.643 bits per heavy atom. The maximum absolute atomic E-state index is 6.38. The smallest absolute Gasteiger partial charge is 0.159 e. The highest BCUT2D eigenvalue weighted by Crippen LogP contribution is 2.32. The summed E-state index contributed by atoms with van der Waals surface area (Å²) < 4.78 is 6.38. The normalized spacial score (nSPS) is 12.3. The molecule has 0 bridgehead atoms. The van der Waals surface area contributed by atoms with E-state index in [4.69, 9.17) is 9.40 Å². The quantitative estimate of drug-likeness (QED) is 0.0469. The molecule has 0 unspecified atom stereocenters. The summed E-state index contributed by atoms with van der Waals surface area (Å²) in [5.41, 5.74) is 3.91. The Hall–Kier alpha value is -2.72. The first-order chi connectivity index (χ1) is 20.8. The van der Waals surface area contributed by atoms with Crippen molar-refractivity contribution in [2.45, 2.75) is 129 Å². The van der Waals surface area contributed by atoms with Gasteiger partial charge in [-0.15, -0.1) is 0 Å². The molecule has 1 aliphatic carbocycles. The Labute approximate surface area is 254 Å². The molecule has 42 heavy (non-hydrogen) atoms. The first kappa shape index (κ1) is 32.2. The molecular formula is C38H56N3O+.